The second-order valence-corrected chi connectivity index (χ2v) is 7.28. The quantitative estimate of drug-likeness (QED) is 0.519. The summed E-state index contributed by atoms with van der Waals surface area (Å²) in [5.41, 5.74) is 3.20. The highest BCUT2D eigenvalue weighted by atomic mass is 16.5. The van der Waals surface area contributed by atoms with Crippen LogP contribution in [0.5, 0.6) is 5.75 Å². The summed E-state index contributed by atoms with van der Waals surface area (Å²) >= 11 is 0. The zero-order valence-electron chi connectivity index (χ0n) is 18.4. The first-order valence-corrected chi connectivity index (χ1v) is 9.66. The molecule has 30 heavy (non-hydrogen) atoms. The lowest BCUT2D eigenvalue weighted by Gasteiger charge is -2.16. The first-order chi connectivity index (χ1) is 14.2. The van der Waals surface area contributed by atoms with Crippen LogP contribution in [0, 0.1) is 0 Å². The number of carbonyl (C=O) groups excluding carboxylic acids is 3. The minimum atomic E-state index is -0.188. The molecule has 0 saturated heterocycles. The molecule has 0 atom stereocenters. The highest BCUT2D eigenvalue weighted by Crippen LogP contribution is 2.26. The van der Waals surface area contributed by atoms with Gasteiger partial charge in [-0.25, -0.2) is 0 Å². The van der Waals surface area contributed by atoms with Crippen molar-refractivity contribution >= 4 is 23.7 Å². The van der Waals surface area contributed by atoms with E-state index >= 15 is 0 Å². The number of allylic oxidation sites excluding steroid dienone is 1. The summed E-state index contributed by atoms with van der Waals surface area (Å²) in [6.07, 6.45) is 3.83. The van der Waals surface area contributed by atoms with Crippen molar-refractivity contribution in [2.45, 2.75) is 13.3 Å². The van der Waals surface area contributed by atoms with Gasteiger partial charge in [0.1, 0.15) is 5.75 Å². The number of carbonyl (C=O) groups is 3. The largest absolute Gasteiger partial charge is 0.496 e. The van der Waals surface area contributed by atoms with Crippen molar-refractivity contribution in [3.05, 3.63) is 70.3 Å². The van der Waals surface area contributed by atoms with Crippen LogP contribution in [0.15, 0.2) is 42.5 Å². The number of rotatable bonds is 7. The van der Waals surface area contributed by atoms with E-state index in [-0.39, 0.29) is 17.6 Å². The van der Waals surface area contributed by atoms with Crippen LogP contribution >= 0.6 is 0 Å². The third-order valence-corrected chi connectivity index (χ3v) is 4.71. The molecule has 6 heteroatoms. The molecule has 2 aromatic rings. The lowest BCUT2D eigenvalue weighted by atomic mass is 9.99. The molecule has 0 radical (unpaired) electrons. The molecule has 2 aromatic carbocycles. The second-order valence-electron chi connectivity index (χ2n) is 7.28. The number of aryl methyl sites for hydroxylation is 1. The molecule has 0 aliphatic heterocycles. The van der Waals surface area contributed by atoms with Gasteiger partial charge in [0.25, 0.3) is 11.8 Å². The van der Waals surface area contributed by atoms with Gasteiger partial charge in [0.15, 0.2) is 5.78 Å². The monoisotopic (exact) mass is 408 g/mol. The Balaban J connectivity index is 2.31. The van der Waals surface area contributed by atoms with Crippen molar-refractivity contribution in [1.82, 2.24) is 9.80 Å². The topological polar surface area (TPSA) is 66.9 Å². The molecule has 0 N–H and O–H groups in total. The standard InChI is InChI=1S/C24H28N2O4/c1-7-16-14-19(22(30-6)15-20(16)24(29)26(4)5)12-13-21(27)17-8-10-18(11-9-17)23(28)25(2)3/h8-15H,7H2,1-6H3. The van der Waals surface area contributed by atoms with E-state index in [0.717, 1.165) is 11.1 Å². The number of hydrogen-bond acceptors (Lipinski definition) is 4. The molecule has 0 aliphatic carbocycles. The van der Waals surface area contributed by atoms with Gasteiger partial charge < -0.3 is 14.5 Å². The van der Waals surface area contributed by atoms with Crippen molar-refractivity contribution < 1.29 is 19.1 Å². The Morgan fingerprint density at radius 3 is 1.97 bits per heavy atom. The summed E-state index contributed by atoms with van der Waals surface area (Å²) in [7, 11) is 8.31. The van der Waals surface area contributed by atoms with Crippen LogP contribution in [0.25, 0.3) is 6.08 Å². The average molecular weight is 408 g/mol. The van der Waals surface area contributed by atoms with E-state index in [1.54, 1.807) is 64.6 Å². The van der Waals surface area contributed by atoms with Gasteiger partial charge in [0.05, 0.1) is 7.11 Å². The summed E-state index contributed by atoms with van der Waals surface area (Å²) in [6, 6.07) is 10.1. The number of methoxy groups -OCH3 is 1. The zero-order valence-corrected chi connectivity index (χ0v) is 18.4. The SMILES string of the molecule is CCc1cc(C=CC(=O)c2ccc(C(=O)N(C)C)cc2)c(OC)cc1C(=O)N(C)C. The molecular weight excluding hydrogens is 380 g/mol. The summed E-state index contributed by atoms with van der Waals surface area (Å²) in [6.45, 7) is 1.98. The number of ketones is 1. The normalized spacial score (nSPS) is 10.7. The molecule has 0 fully saturated rings. The Bertz CT molecular complexity index is 973. The van der Waals surface area contributed by atoms with Crippen LogP contribution < -0.4 is 4.74 Å². The predicted molar refractivity (Wildman–Crippen MR) is 118 cm³/mol. The number of ether oxygens (including phenoxy) is 1. The molecule has 0 unspecified atom stereocenters. The van der Waals surface area contributed by atoms with Gasteiger partial charge in [0.2, 0.25) is 0 Å². The molecule has 0 saturated carbocycles. The first kappa shape index (κ1) is 22.9. The minimum absolute atomic E-state index is 0.0934. The predicted octanol–water partition coefficient (Wildman–Crippen LogP) is 3.56. The lowest BCUT2D eigenvalue weighted by Crippen LogP contribution is -2.23. The molecule has 2 amide bonds. The van der Waals surface area contributed by atoms with Gasteiger partial charge in [-0.05, 0) is 48.4 Å². The van der Waals surface area contributed by atoms with E-state index in [1.165, 1.54) is 23.0 Å². The Labute approximate surface area is 177 Å². The number of nitrogens with zero attached hydrogens (tertiary/aromatic N) is 2. The summed E-state index contributed by atoms with van der Waals surface area (Å²) < 4.78 is 5.44. The Kier molecular flexibility index (Phi) is 7.53. The van der Waals surface area contributed by atoms with Gasteiger partial charge in [-0.2, -0.15) is 0 Å². The van der Waals surface area contributed by atoms with E-state index in [4.69, 9.17) is 4.74 Å². The number of amides is 2. The van der Waals surface area contributed by atoms with E-state index in [1.807, 2.05) is 13.0 Å². The van der Waals surface area contributed by atoms with Gasteiger partial charge in [-0.1, -0.05) is 19.1 Å². The van der Waals surface area contributed by atoms with Crippen molar-refractivity contribution in [2.75, 3.05) is 35.3 Å². The first-order valence-electron chi connectivity index (χ1n) is 9.66. The maximum atomic E-state index is 12.6. The zero-order chi connectivity index (χ0) is 22.4. The van der Waals surface area contributed by atoms with Crippen LogP contribution in [0.3, 0.4) is 0 Å². The van der Waals surface area contributed by atoms with E-state index < -0.39 is 0 Å². The Hall–Kier alpha value is -3.41. The van der Waals surface area contributed by atoms with Crippen LogP contribution in [-0.2, 0) is 6.42 Å². The van der Waals surface area contributed by atoms with Crippen molar-refractivity contribution in [1.29, 1.82) is 0 Å². The van der Waals surface area contributed by atoms with Crippen molar-refractivity contribution in [3.8, 4) is 5.75 Å². The molecule has 0 aromatic heterocycles. The smallest absolute Gasteiger partial charge is 0.253 e. The maximum Gasteiger partial charge on any atom is 0.253 e. The highest BCUT2D eigenvalue weighted by molar-refractivity contribution is 6.07. The number of benzene rings is 2. The van der Waals surface area contributed by atoms with E-state index in [9.17, 15) is 14.4 Å². The molecule has 158 valence electrons. The Morgan fingerprint density at radius 2 is 1.47 bits per heavy atom. The third-order valence-electron chi connectivity index (χ3n) is 4.71. The molecule has 0 aliphatic rings. The summed E-state index contributed by atoms with van der Waals surface area (Å²) in [5.74, 6) is 0.124. The lowest BCUT2D eigenvalue weighted by molar-refractivity contribution is 0.0819. The maximum absolute atomic E-state index is 12.6. The minimum Gasteiger partial charge on any atom is -0.496 e. The van der Waals surface area contributed by atoms with Crippen LogP contribution in [-0.4, -0.2) is 62.7 Å². The Morgan fingerprint density at radius 1 is 0.900 bits per heavy atom. The van der Waals surface area contributed by atoms with E-state index in [0.29, 0.717) is 28.9 Å². The molecule has 0 bridgehead atoms. The molecule has 0 heterocycles. The fourth-order valence-corrected chi connectivity index (χ4v) is 2.98. The van der Waals surface area contributed by atoms with Gasteiger partial charge in [0, 0.05) is 50.4 Å². The van der Waals surface area contributed by atoms with Gasteiger partial charge in [-0.3, -0.25) is 14.4 Å². The van der Waals surface area contributed by atoms with E-state index in [2.05, 4.69) is 0 Å². The van der Waals surface area contributed by atoms with Gasteiger partial charge >= 0.3 is 0 Å². The highest BCUT2D eigenvalue weighted by Gasteiger charge is 2.16. The third kappa shape index (κ3) is 5.14. The van der Waals surface area contributed by atoms with Crippen molar-refractivity contribution in [2.24, 2.45) is 0 Å². The molecule has 0 spiro atoms. The molecular formula is C24H28N2O4. The summed E-state index contributed by atoms with van der Waals surface area (Å²) in [5, 5.41) is 0. The molecule has 6 nitrogen and oxygen atoms in total. The second kappa shape index (κ2) is 9.87. The van der Waals surface area contributed by atoms with Gasteiger partial charge in [-0.15, -0.1) is 0 Å². The fourth-order valence-electron chi connectivity index (χ4n) is 2.98. The fraction of sp³-hybridized carbons (Fsp3) is 0.292. The van der Waals surface area contributed by atoms with Crippen LogP contribution in [0.4, 0.5) is 0 Å². The summed E-state index contributed by atoms with van der Waals surface area (Å²) in [4.78, 5) is 40.0. The molecule has 2 rings (SSSR count). The van der Waals surface area contributed by atoms with Crippen molar-refractivity contribution in [3.63, 3.8) is 0 Å². The average Bonchev–Trinajstić information content (AvgIpc) is 2.75. The van der Waals surface area contributed by atoms with Crippen LogP contribution in [0.1, 0.15) is 49.1 Å². The van der Waals surface area contributed by atoms with Crippen LogP contribution in [0.2, 0.25) is 0 Å². The number of hydrogen-bond donors (Lipinski definition) is 0.